The Labute approximate surface area is 136 Å². The zero-order valence-electron chi connectivity index (χ0n) is 13.0. The molecule has 0 atom stereocenters. The van der Waals surface area contributed by atoms with Crippen LogP contribution in [0.2, 0.25) is 0 Å². The second kappa shape index (κ2) is 6.56. The molecule has 1 aromatic heterocycles. The van der Waals surface area contributed by atoms with Gasteiger partial charge in [-0.2, -0.15) is 8.42 Å². The molecule has 23 heavy (non-hydrogen) atoms. The van der Waals surface area contributed by atoms with Crippen LogP contribution < -0.4 is 0 Å². The van der Waals surface area contributed by atoms with Crippen molar-refractivity contribution in [3.05, 3.63) is 66.4 Å². The minimum Gasteiger partial charge on any atom is -0.347 e. The molecule has 2 aromatic carbocycles. The van der Waals surface area contributed by atoms with Gasteiger partial charge in [0, 0.05) is 18.3 Å². The van der Waals surface area contributed by atoms with Crippen LogP contribution in [0, 0.1) is 6.92 Å². The summed E-state index contributed by atoms with van der Waals surface area (Å²) in [4.78, 5) is 0.203. The second-order valence-electron chi connectivity index (χ2n) is 5.51. The molecule has 0 unspecified atom stereocenters. The van der Waals surface area contributed by atoms with Gasteiger partial charge < -0.3 is 4.57 Å². The molecule has 0 aliphatic rings. The highest BCUT2D eigenvalue weighted by Crippen LogP contribution is 2.16. The number of rotatable bonds is 6. The third kappa shape index (κ3) is 3.63. The summed E-state index contributed by atoms with van der Waals surface area (Å²) in [5.41, 5.74) is 2.16. The minimum absolute atomic E-state index is 0.169. The normalized spacial score (nSPS) is 11.9. The first-order chi connectivity index (χ1) is 11.1. The molecule has 0 amide bonds. The smallest absolute Gasteiger partial charge is 0.296 e. The van der Waals surface area contributed by atoms with Gasteiger partial charge in [0.15, 0.2) is 0 Å². The topological polar surface area (TPSA) is 48.3 Å². The van der Waals surface area contributed by atoms with Crippen LogP contribution in [-0.2, 0) is 20.8 Å². The van der Waals surface area contributed by atoms with E-state index >= 15 is 0 Å². The number of aromatic nitrogens is 1. The molecule has 5 heteroatoms. The number of hydrogen-bond donors (Lipinski definition) is 0. The van der Waals surface area contributed by atoms with Crippen LogP contribution in [0.5, 0.6) is 0 Å². The molecule has 120 valence electrons. The van der Waals surface area contributed by atoms with Gasteiger partial charge in [0.1, 0.15) is 0 Å². The van der Waals surface area contributed by atoms with Crippen LogP contribution in [0.1, 0.15) is 12.0 Å². The molecule has 3 aromatic rings. The summed E-state index contributed by atoms with van der Waals surface area (Å²) in [6, 6.07) is 16.8. The highest BCUT2D eigenvalue weighted by Gasteiger charge is 2.14. The number of nitrogens with zero attached hydrogens (tertiary/aromatic N) is 1. The molecule has 0 saturated carbocycles. The summed E-state index contributed by atoms with van der Waals surface area (Å²) in [6.45, 7) is 2.80. The van der Waals surface area contributed by atoms with E-state index in [0.717, 1.165) is 17.6 Å². The van der Waals surface area contributed by atoms with E-state index in [-0.39, 0.29) is 11.5 Å². The zero-order valence-corrected chi connectivity index (χ0v) is 13.8. The van der Waals surface area contributed by atoms with Gasteiger partial charge in [-0.3, -0.25) is 4.18 Å². The molecular formula is C18H19NO3S. The number of benzene rings is 2. The molecule has 0 N–H and O–H groups in total. The van der Waals surface area contributed by atoms with E-state index < -0.39 is 10.1 Å². The van der Waals surface area contributed by atoms with Crippen molar-refractivity contribution in [2.75, 3.05) is 6.61 Å². The molecule has 0 radical (unpaired) electrons. The van der Waals surface area contributed by atoms with Crippen molar-refractivity contribution in [3.8, 4) is 0 Å². The average molecular weight is 329 g/mol. The van der Waals surface area contributed by atoms with Gasteiger partial charge >= 0.3 is 0 Å². The van der Waals surface area contributed by atoms with Gasteiger partial charge in [0.2, 0.25) is 0 Å². The lowest BCUT2D eigenvalue weighted by molar-refractivity contribution is 0.304. The van der Waals surface area contributed by atoms with Crippen molar-refractivity contribution in [2.45, 2.75) is 24.8 Å². The van der Waals surface area contributed by atoms with E-state index in [9.17, 15) is 8.42 Å². The first-order valence-electron chi connectivity index (χ1n) is 7.56. The molecule has 0 aliphatic carbocycles. The first kappa shape index (κ1) is 15.8. The van der Waals surface area contributed by atoms with Crippen LogP contribution >= 0.6 is 0 Å². The fraction of sp³-hybridized carbons (Fsp3) is 0.222. The number of para-hydroxylation sites is 1. The average Bonchev–Trinajstić information content (AvgIpc) is 2.95. The Kier molecular flexibility index (Phi) is 4.50. The fourth-order valence-electron chi connectivity index (χ4n) is 2.51. The van der Waals surface area contributed by atoms with Crippen molar-refractivity contribution in [1.29, 1.82) is 0 Å². The molecule has 0 saturated heterocycles. The van der Waals surface area contributed by atoms with Gasteiger partial charge in [0.25, 0.3) is 10.1 Å². The Balaban J connectivity index is 1.58. The minimum atomic E-state index is -3.67. The monoisotopic (exact) mass is 329 g/mol. The summed E-state index contributed by atoms with van der Waals surface area (Å²) in [5.74, 6) is 0. The second-order valence-corrected chi connectivity index (χ2v) is 7.13. The van der Waals surface area contributed by atoms with Crippen LogP contribution in [0.4, 0.5) is 0 Å². The Hall–Kier alpha value is -2.11. The number of fused-ring (bicyclic) bond motifs is 1. The third-order valence-corrected chi connectivity index (χ3v) is 5.10. The van der Waals surface area contributed by atoms with E-state index in [1.165, 1.54) is 5.39 Å². The standard InChI is InChI=1S/C18H19NO3S/c1-15-7-9-17(10-8-15)23(20,21)22-14-4-12-19-13-11-16-5-2-3-6-18(16)19/h2-3,5-11,13H,4,12,14H2,1H3. The summed E-state index contributed by atoms with van der Waals surface area (Å²) < 4.78 is 31.4. The molecule has 3 rings (SSSR count). The van der Waals surface area contributed by atoms with Gasteiger partial charge in [-0.1, -0.05) is 35.9 Å². The van der Waals surface area contributed by atoms with E-state index in [1.54, 1.807) is 24.3 Å². The van der Waals surface area contributed by atoms with Crippen LogP contribution in [-0.4, -0.2) is 19.6 Å². The molecular weight excluding hydrogens is 310 g/mol. The summed E-state index contributed by atoms with van der Waals surface area (Å²) in [5, 5.41) is 1.18. The van der Waals surface area contributed by atoms with Gasteiger partial charge in [-0.05, 0) is 43.0 Å². The predicted octanol–water partition coefficient (Wildman–Crippen LogP) is 3.75. The predicted molar refractivity (Wildman–Crippen MR) is 90.9 cm³/mol. The Bertz CT molecular complexity index is 895. The van der Waals surface area contributed by atoms with Gasteiger partial charge in [-0.15, -0.1) is 0 Å². The summed E-state index contributed by atoms with van der Waals surface area (Å²) in [6.07, 6.45) is 2.64. The maximum absolute atomic E-state index is 12.1. The maximum atomic E-state index is 12.1. The van der Waals surface area contributed by atoms with Crippen LogP contribution in [0.15, 0.2) is 65.7 Å². The quantitative estimate of drug-likeness (QED) is 0.511. The summed E-state index contributed by atoms with van der Waals surface area (Å²) >= 11 is 0. The van der Waals surface area contributed by atoms with E-state index in [1.807, 2.05) is 25.3 Å². The molecule has 0 spiro atoms. The Morgan fingerprint density at radius 1 is 1.00 bits per heavy atom. The molecule has 0 fully saturated rings. The fourth-order valence-corrected chi connectivity index (χ4v) is 3.45. The zero-order chi connectivity index (χ0) is 16.3. The number of aryl methyl sites for hydroxylation is 2. The van der Waals surface area contributed by atoms with E-state index in [2.05, 4.69) is 22.8 Å². The molecule has 4 nitrogen and oxygen atoms in total. The molecule has 1 heterocycles. The van der Waals surface area contributed by atoms with Crippen molar-refractivity contribution in [1.82, 2.24) is 4.57 Å². The SMILES string of the molecule is Cc1ccc(S(=O)(=O)OCCCn2ccc3ccccc32)cc1. The summed E-state index contributed by atoms with van der Waals surface area (Å²) in [7, 11) is -3.67. The van der Waals surface area contributed by atoms with E-state index in [4.69, 9.17) is 4.18 Å². The lowest BCUT2D eigenvalue weighted by Gasteiger charge is -2.07. The van der Waals surface area contributed by atoms with Crippen molar-refractivity contribution in [2.24, 2.45) is 0 Å². The molecule has 0 bridgehead atoms. The van der Waals surface area contributed by atoms with Crippen molar-refractivity contribution >= 4 is 21.0 Å². The highest BCUT2D eigenvalue weighted by molar-refractivity contribution is 7.86. The highest BCUT2D eigenvalue weighted by atomic mass is 32.2. The molecule has 0 aliphatic heterocycles. The van der Waals surface area contributed by atoms with Gasteiger partial charge in [0.05, 0.1) is 11.5 Å². The first-order valence-corrected chi connectivity index (χ1v) is 8.97. The van der Waals surface area contributed by atoms with Crippen molar-refractivity contribution in [3.63, 3.8) is 0 Å². The lowest BCUT2D eigenvalue weighted by Crippen LogP contribution is -2.09. The lowest BCUT2D eigenvalue weighted by atomic mass is 10.2. The maximum Gasteiger partial charge on any atom is 0.296 e. The Morgan fingerprint density at radius 2 is 1.74 bits per heavy atom. The van der Waals surface area contributed by atoms with Crippen molar-refractivity contribution < 1.29 is 12.6 Å². The van der Waals surface area contributed by atoms with E-state index in [0.29, 0.717) is 6.42 Å². The van der Waals surface area contributed by atoms with Gasteiger partial charge in [-0.25, -0.2) is 0 Å². The van der Waals surface area contributed by atoms with Crippen LogP contribution in [0.25, 0.3) is 10.9 Å². The third-order valence-electron chi connectivity index (χ3n) is 3.77. The number of hydrogen-bond acceptors (Lipinski definition) is 3. The Morgan fingerprint density at radius 3 is 2.52 bits per heavy atom. The largest absolute Gasteiger partial charge is 0.347 e. The van der Waals surface area contributed by atoms with Crippen LogP contribution in [0.3, 0.4) is 0 Å².